The third kappa shape index (κ3) is 1.85. The summed E-state index contributed by atoms with van der Waals surface area (Å²) in [5.41, 5.74) is 1.06. The molecule has 1 aromatic rings. The maximum atomic E-state index is 10.9. The Morgan fingerprint density at radius 1 is 1.47 bits per heavy atom. The molecule has 2 atom stereocenters. The predicted octanol–water partition coefficient (Wildman–Crippen LogP) is 2.56. The van der Waals surface area contributed by atoms with Crippen LogP contribution in [0.4, 0.5) is 0 Å². The zero-order valence-electron chi connectivity index (χ0n) is 7.62. The lowest BCUT2D eigenvalue weighted by Gasteiger charge is -2.12. The van der Waals surface area contributed by atoms with E-state index in [-0.39, 0.29) is 11.2 Å². The van der Waals surface area contributed by atoms with E-state index >= 15 is 0 Å². The highest BCUT2D eigenvalue weighted by atomic mass is 32.2. The number of carbonyl (C=O) groups excluding carboxylic acids is 1. The van der Waals surface area contributed by atoms with Crippen LogP contribution >= 0.6 is 23.1 Å². The van der Waals surface area contributed by atoms with Crippen LogP contribution in [0.15, 0.2) is 22.2 Å². The molecule has 1 aliphatic rings. The van der Waals surface area contributed by atoms with E-state index in [2.05, 4.69) is 0 Å². The second-order valence-electron chi connectivity index (χ2n) is 3.14. The van der Waals surface area contributed by atoms with Crippen molar-refractivity contribution in [1.82, 2.24) is 0 Å². The van der Waals surface area contributed by atoms with Crippen molar-refractivity contribution in [3.05, 3.63) is 33.4 Å². The van der Waals surface area contributed by atoms with Gasteiger partial charge < -0.3 is 9.90 Å². The lowest BCUT2D eigenvalue weighted by atomic mass is 10.00. The Balaban J connectivity index is 2.33. The highest BCUT2D eigenvalue weighted by Gasteiger charge is 2.29. The Bertz CT molecular complexity index is 422. The number of aldehydes is 1. The lowest BCUT2D eigenvalue weighted by molar-refractivity contribution is -0.109. The molecule has 1 aromatic heterocycles. The van der Waals surface area contributed by atoms with Gasteiger partial charge in [-0.15, -0.1) is 11.8 Å². The van der Waals surface area contributed by atoms with Crippen molar-refractivity contribution in [2.75, 3.05) is 0 Å². The summed E-state index contributed by atoms with van der Waals surface area (Å²) in [7, 11) is 0. The summed E-state index contributed by atoms with van der Waals surface area (Å²) in [4.78, 5) is 21.7. The minimum absolute atomic E-state index is 0.0696. The molecule has 0 amide bonds. The third-order valence-corrected chi connectivity index (χ3v) is 4.20. The molecule has 2 rings (SSSR count). The van der Waals surface area contributed by atoms with Gasteiger partial charge in [-0.1, -0.05) is 6.08 Å². The van der Waals surface area contributed by atoms with Crippen LogP contribution in [0.5, 0.6) is 0 Å². The highest BCUT2D eigenvalue weighted by molar-refractivity contribution is 8.02. The normalized spacial score (nSPS) is 24.3. The van der Waals surface area contributed by atoms with Crippen LogP contribution in [0.3, 0.4) is 0 Å². The van der Waals surface area contributed by atoms with Crippen LogP contribution in [0.1, 0.15) is 21.2 Å². The Labute approximate surface area is 94.8 Å². The van der Waals surface area contributed by atoms with Crippen LogP contribution in [0.2, 0.25) is 0 Å². The van der Waals surface area contributed by atoms with E-state index in [0.29, 0.717) is 5.56 Å². The lowest BCUT2D eigenvalue weighted by Crippen LogP contribution is -2.08. The second-order valence-corrected chi connectivity index (χ2v) is 4.94. The van der Waals surface area contributed by atoms with E-state index in [9.17, 15) is 9.59 Å². The number of rotatable bonds is 3. The summed E-state index contributed by atoms with van der Waals surface area (Å²) in [5.74, 6) is -1.13. The van der Waals surface area contributed by atoms with Crippen molar-refractivity contribution < 1.29 is 14.7 Å². The van der Waals surface area contributed by atoms with E-state index in [4.69, 9.17) is 5.11 Å². The molecule has 2 heterocycles. The number of aromatic carboxylic acids is 1. The average Bonchev–Trinajstić information content (AvgIpc) is 2.85. The summed E-state index contributed by atoms with van der Waals surface area (Å²) < 4.78 is 0. The SMILES string of the molecule is O=CC1C=CSC1c1cscc1C(=O)O. The topological polar surface area (TPSA) is 54.4 Å². The van der Waals surface area contributed by atoms with Gasteiger partial charge in [0.15, 0.2) is 0 Å². The number of carboxylic acids is 1. The highest BCUT2D eigenvalue weighted by Crippen LogP contribution is 2.44. The number of carbonyl (C=O) groups is 2. The number of thiophene rings is 1. The molecular weight excluding hydrogens is 232 g/mol. The molecule has 0 saturated heterocycles. The zero-order chi connectivity index (χ0) is 10.8. The number of hydrogen-bond donors (Lipinski definition) is 1. The van der Waals surface area contributed by atoms with Gasteiger partial charge in [0, 0.05) is 16.5 Å². The molecule has 0 saturated carbocycles. The quantitative estimate of drug-likeness (QED) is 0.825. The van der Waals surface area contributed by atoms with Gasteiger partial charge in [-0.05, 0) is 16.4 Å². The fourth-order valence-corrected chi connectivity index (χ4v) is 3.58. The van der Waals surface area contributed by atoms with Crippen molar-refractivity contribution in [3.8, 4) is 0 Å². The molecule has 1 N–H and O–H groups in total. The number of allylic oxidation sites excluding steroid dienone is 1. The Morgan fingerprint density at radius 3 is 2.93 bits per heavy atom. The number of thioether (sulfide) groups is 1. The van der Waals surface area contributed by atoms with E-state index in [0.717, 1.165) is 11.8 Å². The standard InChI is InChI=1S/C10H8O3S2/c11-3-6-1-2-15-9(6)7-4-14-5-8(7)10(12)13/h1-6,9H,(H,12,13). The summed E-state index contributed by atoms with van der Waals surface area (Å²) in [6.07, 6.45) is 2.68. The van der Waals surface area contributed by atoms with Gasteiger partial charge >= 0.3 is 5.97 Å². The molecule has 0 fully saturated rings. The fraction of sp³-hybridized carbons (Fsp3) is 0.200. The van der Waals surface area contributed by atoms with Gasteiger partial charge in [0.2, 0.25) is 0 Å². The van der Waals surface area contributed by atoms with Crippen molar-refractivity contribution in [2.24, 2.45) is 5.92 Å². The van der Waals surface area contributed by atoms with E-state index in [1.165, 1.54) is 23.1 Å². The van der Waals surface area contributed by atoms with Crippen LogP contribution in [-0.4, -0.2) is 17.4 Å². The van der Waals surface area contributed by atoms with E-state index in [1.54, 1.807) is 5.38 Å². The molecule has 2 unspecified atom stereocenters. The first-order valence-corrected chi connectivity index (χ1v) is 6.19. The average molecular weight is 240 g/mol. The summed E-state index contributed by atoms with van der Waals surface area (Å²) in [5, 5.41) is 14.2. The maximum Gasteiger partial charge on any atom is 0.336 e. The molecule has 0 spiro atoms. The molecule has 0 bridgehead atoms. The zero-order valence-corrected chi connectivity index (χ0v) is 9.25. The number of carboxylic acid groups (broad SMARTS) is 1. The Hall–Kier alpha value is -1.07. The predicted molar refractivity (Wildman–Crippen MR) is 60.3 cm³/mol. The molecule has 5 heteroatoms. The largest absolute Gasteiger partial charge is 0.478 e. The molecule has 15 heavy (non-hydrogen) atoms. The molecular formula is C10H8O3S2. The van der Waals surface area contributed by atoms with Gasteiger partial charge in [-0.25, -0.2) is 4.79 Å². The Kier molecular flexibility index (Phi) is 2.93. The van der Waals surface area contributed by atoms with E-state index in [1.807, 2.05) is 16.9 Å². The van der Waals surface area contributed by atoms with Gasteiger partial charge in [-0.2, -0.15) is 11.3 Å². The first-order valence-electron chi connectivity index (χ1n) is 4.31. The molecule has 0 aromatic carbocycles. The summed E-state index contributed by atoms with van der Waals surface area (Å²) in [6.45, 7) is 0. The van der Waals surface area contributed by atoms with Crippen LogP contribution in [0.25, 0.3) is 0 Å². The van der Waals surface area contributed by atoms with Gasteiger partial charge in [-0.3, -0.25) is 0 Å². The van der Waals surface area contributed by atoms with Crippen molar-refractivity contribution in [2.45, 2.75) is 5.25 Å². The molecule has 0 radical (unpaired) electrons. The van der Waals surface area contributed by atoms with Gasteiger partial charge in [0.05, 0.1) is 5.56 Å². The molecule has 1 aliphatic heterocycles. The minimum atomic E-state index is -0.927. The van der Waals surface area contributed by atoms with Crippen LogP contribution in [0, 0.1) is 5.92 Å². The van der Waals surface area contributed by atoms with Crippen molar-refractivity contribution in [1.29, 1.82) is 0 Å². The molecule has 0 aliphatic carbocycles. The summed E-state index contributed by atoms with van der Waals surface area (Å²) >= 11 is 2.85. The smallest absolute Gasteiger partial charge is 0.336 e. The fourth-order valence-electron chi connectivity index (χ4n) is 1.51. The van der Waals surface area contributed by atoms with Crippen LogP contribution < -0.4 is 0 Å². The molecule has 78 valence electrons. The van der Waals surface area contributed by atoms with Crippen molar-refractivity contribution >= 4 is 35.4 Å². The van der Waals surface area contributed by atoms with Crippen LogP contribution in [-0.2, 0) is 4.79 Å². The second kappa shape index (κ2) is 4.20. The monoisotopic (exact) mass is 240 g/mol. The van der Waals surface area contributed by atoms with Gasteiger partial charge in [0.25, 0.3) is 0 Å². The number of hydrogen-bond acceptors (Lipinski definition) is 4. The first kappa shape index (κ1) is 10.4. The summed E-state index contributed by atoms with van der Waals surface area (Å²) in [6, 6.07) is 0. The Morgan fingerprint density at radius 2 is 2.27 bits per heavy atom. The van der Waals surface area contributed by atoms with Gasteiger partial charge in [0.1, 0.15) is 6.29 Å². The molecule has 3 nitrogen and oxygen atoms in total. The maximum absolute atomic E-state index is 10.9. The van der Waals surface area contributed by atoms with E-state index < -0.39 is 5.97 Å². The first-order chi connectivity index (χ1) is 7.24. The minimum Gasteiger partial charge on any atom is -0.478 e. The van der Waals surface area contributed by atoms with Crippen molar-refractivity contribution in [3.63, 3.8) is 0 Å². The third-order valence-electron chi connectivity index (χ3n) is 2.26.